The van der Waals surface area contributed by atoms with E-state index in [1.165, 1.54) is 5.56 Å². The fourth-order valence-electron chi connectivity index (χ4n) is 14.6. The first-order valence-electron chi connectivity index (χ1n) is 29.9. The van der Waals surface area contributed by atoms with Crippen molar-refractivity contribution >= 4 is 79.0 Å². The minimum absolute atomic E-state index is 0. The van der Waals surface area contributed by atoms with E-state index in [1.54, 1.807) is 0 Å². The summed E-state index contributed by atoms with van der Waals surface area (Å²) in [5.74, 6) is 10.1. The Kier molecular flexibility index (Phi) is 10.7. The molecule has 13 heteroatoms. The van der Waals surface area contributed by atoms with Crippen LogP contribution in [0.4, 0.5) is 0 Å². The van der Waals surface area contributed by atoms with Crippen molar-refractivity contribution in [2.24, 2.45) is 0 Å². The Morgan fingerprint density at radius 1 is 0.422 bits per heavy atom. The number of hydrogen-bond acceptors (Lipinski definition) is 7. The third-order valence-electron chi connectivity index (χ3n) is 18.5. The Balaban J connectivity index is 0.00000583. The molecule has 8 heterocycles. The summed E-state index contributed by atoms with van der Waals surface area (Å²) < 4.78 is 54.2. The topological polar surface area (TPSA) is 78.4 Å². The van der Waals surface area contributed by atoms with E-state index in [0.29, 0.717) is 34.5 Å². The van der Waals surface area contributed by atoms with Crippen molar-refractivity contribution in [2.75, 3.05) is 0 Å². The van der Waals surface area contributed by atoms with Crippen LogP contribution in [0.1, 0.15) is 26.3 Å². The Hall–Kier alpha value is -10.7. The summed E-state index contributed by atoms with van der Waals surface area (Å²) in [4.78, 5) is 0. The molecule has 0 aliphatic carbocycles. The molecule has 14 aromatic rings. The van der Waals surface area contributed by atoms with Crippen LogP contribution in [0.5, 0.6) is 80.5 Å². The molecule has 0 bridgehead atoms. The molecule has 424 valence electrons. The molecule has 12 aromatic carbocycles. The van der Waals surface area contributed by atoms with Crippen LogP contribution in [0.15, 0.2) is 212 Å². The molecule has 0 N–H and O–H groups in total. The Morgan fingerprint density at radius 3 is 1.43 bits per heavy atom. The zero-order valence-electron chi connectivity index (χ0n) is 48.4. The second kappa shape index (κ2) is 18.7. The first-order valence-corrected chi connectivity index (χ1v) is 29.9. The van der Waals surface area contributed by atoms with Crippen molar-refractivity contribution in [2.45, 2.75) is 26.2 Å². The van der Waals surface area contributed by atoms with Crippen LogP contribution in [-0.4, -0.2) is 22.6 Å². The molecule has 0 radical (unpaired) electrons. The maximum Gasteiger partial charge on any atom is 4.00 e. The van der Waals surface area contributed by atoms with Gasteiger partial charge >= 0.3 is 21.1 Å². The van der Waals surface area contributed by atoms with Gasteiger partial charge in [-0.2, -0.15) is 42.0 Å². The van der Waals surface area contributed by atoms with E-state index in [9.17, 15) is 0 Å². The van der Waals surface area contributed by atoms with E-state index in [4.69, 9.17) is 33.2 Å². The Morgan fingerprint density at radius 2 is 0.889 bits per heavy atom. The van der Waals surface area contributed by atoms with Crippen LogP contribution in [0.2, 0.25) is 0 Å². The van der Waals surface area contributed by atoms with Crippen molar-refractivity contribution < 1.29 is 58.8 Å². The number of aromatic nitrogens is 3. The quantitative estimate of drug-likeness (QED) is 0.0894. The van der Waals surface area contributed by atoms with Crippen molar-refractivity contribution in [3.05, 3.63) is 242 Å². The molecule has 0 saturated carbocycles. The number of benzene rings is 12. The standard InChI is InChI=1S/C77H44B2N3O7.Pt/c1-77(2,3)45-15-8-17-47(39-45)82-54-22-5-4-19-52(54)53-34-33-49(41-57(53)82)83-48-18-9-16-46(40-48)80-42-81(56-24-7-6-23-55(56)80)76-50(43-35-66-74-67(36-43)87-63-30-12-26-59-71(63)78(74)70-58(84-59)25-11-29-62(70)86-66)20-10-21-51(76)44-37-68-75-69(38-44)89-65-32-14-28-61-73(65)79(75)72-60(85-61)27-13-31-64(72)88-68;/h4-16,18-39H,1-3H3;/q-3;+4. The zero-order chi connectivity index (χ0) is 58.5. The second-order valence-corrected chi connectivity index (χ2v) is 24.5. The molecule has 0 unspecified atom stereocenters. The molecule has 90 heavy (non-hydrogen) atoms. The second-order valence-electron chi connectivity index (χ2n) is 24.5. The van der Waals surface area contributed by atoms with Crippen LogP contribution in [0, 0.1) is 24.5 Å². The average molecular weight is 1340 g/mol. The molecular formula is C77H44B2N3O7Pt+. The van der Waals surface area contributed by atoms with Crippen LogP contribution in [0.25, 0.3) is 72.2 Å². The van der Waals surface area contributed by atoms with Gasteiger partial charge in [0, 0.05) is 49.8 Å². The van der Waals surface area contributed by atoms with Crippen LogP contribution in [0.3, 0.4) is 0 Å². The van der Waals surface area contributed by atoms with Gasteiger partial charge in [0.1, 0.15) is 69.0 Å². The maximum atomic E-state index is 6.97. The van der Waals surface area contributed by atoms with Gasteiger partial charge in [-0.05, 0) is 118 Å². The Bertz CT molecular complexity index is 5190. The van der Waals surface area contributed by atoms with Crippen LogP contribution in [-0.2, 0) is 26.5 Å². The number of rotatable bonds is 7. The largest absolute Gasteiger partial charge is 4.00 e. The van der Waals surface area contributed by atoms with E-state index >= 15 is 0 Å². The average Bonchev–Trinajstić information content (AvgIpc) is 0.943. The third kappa shape index (κ3) is 7.31. The van der Waals surface area contributed by atoms with Gasteiger partial charge in [-0.15, -0.1) is 35.7 Å². The molecule has 2 aromatic heterocycles. The molecule has 10 nitrogen and oxygen atoms in total. The predicted molar refractivity (Wildman–Crippen MR) is 346 cm³/mol. The van der Waals surface area contributed by atoms with E-state index in [1.807, 2.05) is 103 Å². The molecular weight excluding hydrogens is 1300 g/mol. The number of ether oxygens (including phenoxy) is 7. The number of nitrogens with zero attached hydrogens (tertiary/aromatic N) is 3. The summed E-state index contributed by atoms with van der Waals surface area (Å²) in [7, 11) is 0. The van der Waals surface area contributed by atoms with Crippen molar-refractivity contribution in [1.82, 2.24) is 9.13 Å². The van der Waals surface area contributed by atoms with E-state index in [0.717, 1.165) is 151 Å². The number of para-hydroxylation sites is 4. The summed E-state index contributed by atoms with van der Waals surface area (Å²) in [6, 6.07) is 83.4. The van der Waals surface area contributed by atoms with Gasteiger partial charge in [0.05, 0.1) is 16.7 Å². The summed E-state index contributed by atoms with van der Waals surface area (Å²) >= 11 is 0. The monoisotopic (exact) mass is 1340 g/mol. The SMILES string of the molecule is CC(C)(C)c1cc[c-]c(-n2c3[c-]c(Oc4[c-]c(-n5[c-][n+](-c6c(-c7cc8c9c(c7)Oc7cccc%10c7B9c7c(cccc7O8)O%10)cccc6-c6cc7c8c(c6)Oc6cccc9c6B8c6c(cccc6O7)O9)c6ccccc65)ccc4)ccc3c3ccccc32)c1.[Pt+4]. The van der Waals surface area contributed by atoms with Gasteiger partial charge in [-0.1, -0.05) is 117 Å². The molecule has 6 aliphatic heterocycles. The van der Waals surface area contributed by atoms with Gasteiger partial charge in [0.2, 0.25) is 0 Å². The molecule has 20 rings (SSSR count). The van der Waals surface area contributed by atoms with Gasteiger partial charge in [0.15, 0.2) is 0 Å². The van der Waals surface area contributed by atoms with Crippen molar-refractivity contribution in [3.63, 3.8) is 0 Å². The first-order chi connectivity index (χ1) is 43.7. The van der Waals surface area contributed by atoms with E-state index < -0.39 is 0 Å². The van der Waals surface area contributed by atoms with E-state index in [-0.39, 0.29) is 39.9 Å². The number of fused-ring (bicyclic) bond motifs is 4. The summed E-state index contributed by atoms with van der Waals surface area (Å²) in [6.45, 7) is 6.42. The fraction of sp³-hybridized carbons (Fsp3) is 0.0519. The van der Waals surface area contributed by atoms with Crippen LogP contribution < -0.4 is 70.5 Å². The molecule has 0 saturated heterocycles. The smallest absolute Gasteiger partial charge is 0.510 e. The van der Waals surface area contributed by atoms with E-state index in [2.05, 4.69) is 168 Å². The third-order valence-corrected chi connectivity index (χ3v) is 18.5. The molecule has 0 amide bonds. The van der Waals surface area contributed by atoms with Gasteiger partial charge < -0.3 is 42.3 Å². The molecule has 0 atom stereocenters. The summed E-state index contributed by atoms with van der Waals surface area (Å²) in [5.41, 5.74) is 17.0. The predicted octanol–water partition coefficient (Wildman–Crippen LogP) is 14.3. The zero-order valence-corrected chi connectivity index (χ0v) is 50.6. The fourth-order valence-corrected chi connectivity index (χ4v) is 14.6. The minimum atomic E-state index is -0.141. The van der Waals surface area contributed by atoms with Gasteiger partial charge in [-0.3, -0.25) is 4.57 Å². The Labute approximate surface area is 532 Å². The normalized spacial score (nSPS) is 13.5. The number of hydrogen-bond donors (Lipinski definition) is 0. The van der Waals surface area contributed by atoms with Gasteiger partial charge in [-0.25, -0.2) is 0 Å². The minimum Gasteiger partial charge on any atom is -0.510 e. The molecule has 0 spiro atoms. The van der Waals surface area contributed by atoms with Crippen LogP contribution >= 0.6 is 0 Å². The van der Waals surface area contributed by atoms with Crippen molar-refractivity contribution in [3.8, 4) is 120 Å². The number of imidazole rings is 1. The molecule has 0 fully saturated rings. The first kappa shape index (κ1) is 51.4. The van der Waals surface area contributed by atoms with Gasteiger partial charge in [0.25, 0.3) is 19.8 Å². The summed E-state index contributed by atoms with van der Waals surface area (Å²) in [5, 5.41) is 2.20. The summed E-state index contributed by atoms with van der Waals surface area (Å²) in [6.07, 6.45) is 3.89. The maximum absolute atomic E-state index is 6.97. The molecule has 6 aliphatic rings. The van der Waals surface area contributed by atoms with Crippen molar-refractivity contribution in [1.29, 1.82) is 0 Å².